The molecule has 1 aromatic rings. The molecule has 0 fully saturated rings. The molecule has 0 saturated carbocycles. The van der Waals surface area contributed by atoms with Gasteiger partial charge in [-0.25, -0.2) is 13.1 Å². The van der Waals surface area contributed by atoms with Gasteiger partial charge < -0.3 is 9.73 Å². The van der Waals surface area contributed by atoms with Crippen molar-refractivity contribution in [3.8, 4) is 0 Å². The molecule has 1 rings (SSSR count). The standard InChI is InChI=1S/C11H17F3N2O3S/c1-7-9(6-15-3)10(8(2)19-7)20(17,18)16-5-4-11(12,13)14/h15-16H,4-6H2,1-3H3. The van der Waals surface area contributed by atoms with Crippen molar-refractivity contribution in [1.29, 1.82) is 0 Å². The van der Waals surface area contributed by atoms with Crippen molar-refractivity contribution in [2.45, 2.75) is 37.9 Å². The lowest BCUT2D eigenvalue weighted by Crippen LogP contribution is -2.29. The van der Waals surface area contributed by atoms with Crippen LogP contribution in [0, 0.1) is 13.8 Å². The van der Waals surface area contributed by atoms with Crippen molar-refractivity contribution < 1.29 is 26.0 Å². The minimum atomic E-state index is -4.41. The monoisotopic (exact) mass is 314 g/mol. The van der Waals surface area contributed by atoms with Gasteiger partial charge in [0.05, 0.1) is 6.42 Å². The van der Waals surface area contributed by atoms with Gasteiger partial charge in [0, 0.05) is 18.7 Å². The molecule has 2 N–H and O–H groups in total. The van der Waals surface area contributed by atoms with E-state index in [-0.39, 0.29) is 17.2 Å². The van der Waals surface area contributed by atoms with Crippen LogP contribution in [0.4, 0.5) is 13.2 Å². The number of sulfonamides is 1. The third kappa shape index (κ3) is 4.22. The minimum absolute atomic E-state index is 0.0912. The lowest BCUT2D eigenvalue weighted by Gasteiger charge is -2.10. The van der Waals surface area contributed by atoms with Crippen molar-refractivity contribution in [3.63, 3.8) is 0 Å². The normalized spacial score (nSPS) is 12.9. The Hall–Kier alpha value is -1.06. The molecule has 9 heteroatoms. The lowest BCUT2D eigenvalue weighted by molar-refractivity contribution is -0.132. The van der Waals surface area contributed by atoms with Crippen LogP contribution >= 0.6 is 0 Å². The fraction of sp³-hybridized carbons (Fsp3) is 0.636. The first kappa shape index (κ1) is 17.0. The van der Waals surface area contributed by atoms with E-state index in [9.17, 15) is 21.6 Å². The molecule has 0 aliphatic heterocycles. The van der Waals surface area contributed by atoms with Gasteiger partial charge in [0.1, 0.15) is 16.4 Å². The van der Waals surface area contributed by atoms with Gasteiger partial charge in [-0.1, -0.05) is 0 Å². The lowest BCUT2D eigenvalue weighted by atomic mass is 10.2. The van der Waals surface area contributed by atoms with Crippen LogP contribution in [0.1, 0.15) is 23.5 Å². The highest BCUT2D eigenvalue weighted by atomic mass is 32.2. The Kier molecular flexibility index (Phi) is 5.22. The van der Waals surface area contributed by atoms with Gasteiger partial charge in [-0.05, 0) is 20.9 Å². The Balaban J connectivity index is 2.98. The summed E-state index contributed by atoms with van der Waals surface area (Å²) in [6.45, 7) is 2.62. The molecular weight excluding hydrogens is 297 g/mol. The predicted octanol–water partition coefficient (Wildman–Crippen LogP) is 1.85. The second kappa shape index (κ2) is 6.15. The highest BCUT2D eigenvalue weighted by Gasteiger charge is 2.30. The molecule has 0 aliphatic carbocycles. The zero-order chi connectivity index (χ0) is 15.6. The Morgan fingerprint density at radius 1 is 1.20 bits per heavy atom. The maximum Gasteiger partial charge on any atom is 0.390 e. The Labute approximate surface area is 115 Å². The highest BCUT2D eigenvalue weighted by molar-refractivity contribution is 7.89. The molecule has 0 radical (unpaired) electrons. The molecule has 0 spiro atoms. The first-order valence-electron chi connectivity index (χ1n) is 5.88. The predicted molar refractivity (Wildman–Crippen MR) is 66.8 cm³/mol. The zero-order valence-corrected chi connectivity index (χ0v) is 12.2. The fourth-order valence-corrected chi connectivity index (χ4v) is 3.32. The van der Waals surface area contributed by atoms with E-state index in [2.05, 4.69) is 5.32 Å². The van der Waals surface area contributed by atoms with Gasteiger partial charge in [0.2, 0.25) is 10.0 Å². The van der Waals surface area contributed by atoms with Crippen molar-refractivity contribution in [2.24, 2.45) is 0 Å². The third-order valence-electron chi connectivity index (χ3n) is 2.65. The van der Waals surface area contributed by atoms with Gasteiger partial charge in [-0.3, -0.25) is 0 Å². The SMILES string of the molecule is CNCc1c(C)oc(C)c1S(=O)(=O)NCCC(F)(F)F. The molecule has 0 saturated heterocycles. The second-order valence-corrected chi connectivity index (χ2v) is 6.02. The summed E-state index contributed by atoms with van der Waals surface area (Å²) in [5.74, 6) is 0.584. The Morgan fingerprint density at radius 3 is 2.30 bits per heavy atom. The third-order valence-corrected chi connectivity index (χ3v) is 4.30. The van der Waals surface area contributed by atoms with E-state index in [1.165, 1.54) is 6.92 Å². The summed E-state index contributed by atoms with van der Waals surface area (Å²) in [5, 5.41) is 2.80. The van der Waals surface area contributed by atoms with E-state index in [1.54, 1.807) is 14.0 Å². The number of alkyl halides is 3. The van der Waals surface area contributed by atoms with E-state index < -0.39 is 29.2 Å². The molecule has 116 valence electrons. The summed E-state index contributed by atoms with van der Waals surface area (Å²) in [5.41, 5.74) is 0.421. The molecule has 1 aromatic heterocycles. The molecule has 20 heavy (non-hydrogen) atoms. The largest absolute Gasteiger partial charge is 0.465 e. The van der Waals surface area contributed by atoms with Crippen molar-refractivity contribution in [3.05, 3.63) is 17.1 Å². The van der Waals surface area contributed by atoms with Crippen LogP contribution in [-0.2, 0) is 16.6 Å². The fourth-order valence-electron chi connectivity index (χ4n) is 1.84. The van der Waals surface area contributed by atoms with Crippen molar-refractivity contribution in [2.75, 3.05) is 13.6 Å². The average molecular weight is 314 g/mol. The average Bonchev–Trinajstić information content (AvgIpc) is 2.52. The van der Waals surface area contributed by atoms with Crippen molar-refractivity contribution in [1.82, 2.24) is 10.0 Å². The molecule has 0 atom stereocenters. The molecule has 0 aliphatic rings. The van der Waals surface area contributed by atoms with Crippen LogP contribution in [-0.4, -0.2) is 28.2 Å². The number of halogens is 3. The van der Waals surface area contributed by atoms with Gasteiger partial charge in [0.15, 0.2) is 0 Å². The summed E-state index contributed by atoms with van der Waals surface area (Å²) in [6.07, 6.45) is -5.62. The molecule has 0 amide bonds. The number of aryl methyl sites for hydroxylation is 2. The van der Waals surface area contributed by atoms with E-state index in [0.717, 1.165) is 0 Å². The number of rotatable bonds is 6. The maximum atomic E-state index is 12.1. The summed E-state index contributed by atoms with van der Waals surface area (Å²) < 4.78 is 67.5. The quantitative estimate of drug-likeness (QED) is 0.840. The molecule has 0 aromatic carbocycles. The summed E-state index contributed by atoms with van der Waals surface area (Å²) >= 11 is 0. The Morgan fingerprint density at radius 2 is 1.80 bits per heavy atom. The van der Waals surface area contributed by atoms with Crippen LogP contribution in [0.3, 0.4) is 0 Å². The van der Waals surface area contributed by atoms with E-state index in [4.69, 9.17) is 4.42 Å². The summed E-state index contributed by atoms with van der Waals surface area (Å²) in [4.78, 5) is -0.0912. The molecule has 0 bridgehead atoms. The first-order chi connectivity index (χ1) is 9.08. The van der Waals surface area contributed by atoms with Gasteiger partial charge in [-0.2, -0.15) is 13.2 Å². The summed E-state index contributed by atoms with van der Waals surface area (Å²) in [6, 6.07) is 0. The van der Waals surface area contributed by atoms with Crippen LogP contribution in [0.5, 0.6) is 0 Å². The maximum absolute atomic E-state index is 12.1. The minimum Gasteiger partial charge on any atom is -0.465 e. The van der Waals surface area contributed by atoms with Crippen LogP contribution < -0.4 is 10.0 Å². The number of hydrogen-bond donors (Lipinski definition) is 2. The second-order valence-electron chi connectivity index (χ2n) is 4.32. The smallest absolute Gasteiger partial charge is 0.390 e. The van der Waals surface area contributed by atoms with E-state index >= 15 is 0 Å². The first-order valence-corrected chi connectivity index (χ1v) is 7.36. The summed E-state index contributed by atoms with van der Waals surface area (Å²) in [7, 11) is -2.39. The van der Waals surface area contributed by atoms with Crippen LogP contribution in [0.25, 0.3) is 0 Å². The van der Waals surface area contributed by atoms with Crippen molar-refractivity contribution >= 4 is 10.0 Å². The van der Waals surface area contributed by atoms with Crippen LogP contribution in [0.15, 0.2) is 9.31 Å². The molecular formula is C11H17F3N2O3S. The van der Waals surface area contributed by atoms with E-state index in [0.29, 0.717) is 11.3 Å². The highest BCUT2D eigenvalue weighted by Crippen LogP contribution is 2.26. The number of hydrogen-bond acceptors (Lipinski definition) is 4. The number of furan rings is 1. The Bertz CT molecular complexity index is 564. The zero-order valence-electron chi connectivity index (χ0n) is 11.4. The van der Waals surface area contributed by atoms with Crippen LogP contribution in [0.2, 0.25) is 0 Å². The molecule has 1 heterocycles. The van der Waals surface area contributed by atoms with Gasteiger partial charge >= 0.3 is 6.18 Å². The van der Waals surface area contributed by atoms with Gasteiger partial charge in [0.25, 0.3) is 0 Å². The molecule has 0 unspecified atom stereocenters. The van der Waals surface area contributed by atoms with E-state index in [1.807, 2.05) is 4.72 Å². The number of nitrogens with one attached hydrogen (secondary N) is 2. The molecule has 5 nitrogen and oxygen atoms in total. The topological polar surface area (TPSA) is 71.3 Å². The van der Waals surface area contributed by atoms with Gasteiger partial charge in [-0.15, -0.1) is 0 Å².